The fraction of sp³-hybridized carbons (Fsp3) is 0.500. The topological polar surface area (TPSA) is 129 Å². The Bertz CT molecular complexity index is 349. The molecule has 0 amide bonds. The fourth-order valence-electron chi connectivity index (χ4n) is 0.705. The fourth-order valence-corrected chi connectivity index (χ4v) is 0.705. The second kappa shape index (κ2) is 88.5. The summed E-state index contributed by atoms with van der Waals surface area (Å²) in [6.07, 6.45) is 8.73. The van der Waals surface area contributed by atoms with E-state index in [0.717, 1.165) is 0 Å². The Morgan fingerprint density at radius 3 is 1.25 bits per heavy atom. The van der Waals surface area contributed by atoms with E-state index < -0.39 is 0 Å². The molecule has 0 bridgehead atoms. The normalized spacial score (nSPS) is 7.09. The molecule has 0 fully saturated rings. The molecule has 1 radical (unpaired) electrons. The average Bonchev–Trinajstić information content (AvgIpc) is 2.76. The van der Waals surface area contributed by atoms with Crippen LogP contribution in [-0.2, 0) is 67.7 Å². The monoisotopic (exact) mass is 628 g/mol. The predicted molar refractivity (Wildman–Crippen MR) is 125 cm³/mol. The van der Waals surface area contributed by atoms with Gasteiger partial charge in [0.2, 0.25) is 0 Å². The third kappa shape index (κ3) is 200. The smallest absolute Gasteiger partial charge is 0.718 e. The minimum absolute atomic E-state index is 0. The molecule has 185 valence electrons. The Kier molecular flexibility index (Phi) is 174. The first-order chi connectivity index (χ1) is 14.3. The molecule has 0 aromatic rings. The molecular weight excluding hydrogens is 590 g/mol. The number of rotatable bonds is 5. The van der Waals surface area contributed by atoms with Crippen LogP contribution < -0.4 is 0 Å². The second-order valence-corrected chi connectivity index (χ2v) is 5.33. The Labute approximate surface area is 221 Å². The number of aliphatic imine (C=N–C) groups is 1. The third-order valence-corrected chi connectivity index (χ3v) is 1.57. The molecule has 0 atom stereocenters. The van der Waals surface area contributed by atoms with E-state index in [1.165, 1.54) is 5.57 Å². The molecular formula is C22H36N2O6Ru2+. The van der Waals surface area contributed by atoms with Crippen molar-refractivity contribution in [2.24, 2.45) is 10.9 Å². The van der Waals surface area contributed by atoms with Crippen molar-refractivity contribution < 1.29 is 67.7 Å². The van der Waals surface area contributed by atoms with Crippen LogP contribution in [0.3, 0.4) is 0 Å². The molecule has 8 nitrogen and oxygen atoms in total. The van der Waals surface area contributed by atoms with Crippen molar-refractivity contribution in [3.63, 3.8) is 0 Å². The zero-order valence-electron chi connectivity index (χ0n) is 20.0. The first-order valence-electron chi connectivity index (χ1n) is 8.11. The molecule has 0 aliphatic carbocycles. The molecule has 10 heteroatoms. The first kappa shape index (κ1) is 63.1. The van der Waals surface area contributed by atoms with Gasteiger partial charge in [0.05, 0.1) is 0 Å². The standard InChI is InChI=1S/2C8H15N.6CHO.2Ru/c2*1-7(2)5-6-9-8(3)4;6*1-2;;/h6-8H,1-4H3;5-6,8H,1-4H3;6*1H;;/q-2;;6*-1;+4;+5. The summed E-state index contributed by atoms with van der Waals surface area (Å²) < 4.78 is 0. The largest absolute Gasteiger partial charge is 5.00 e. The molecule has 0 heterocycles. The van der Waals surface area contributed by atoms with Crippen molar-refractivity contribution in [3.8, 4) is 0 Å². The van der Waals surface area contributed by atoms with E-state index in [9.17, 15) is 0 Å². The first-order valence-corrected chi connectivity index (χ1v) is 8.11. The van der Waals surface area contributed by atoms with Gasteiger partial charge in [0.25, 0.3) is 0 Å². The van der Waals surface area contributed by atoms with Crippen molar-refractivity contribution in [3.05, 3.63) is 29.2 Å². The predicted octanol–water partition coefficient (Wildman–Crippen LogP) is 3.52. The minimum atomic E-state index is 0. The van der Waals surface area contributed by atoms with Crippen molar-refractivity contribution in [1.29, 1.82) is 0 Å². The number of allylic oxidation sites excluding steroid dienone is 3. The van der Waals surface area contributed by atoms with Gasteiger partial charge in [0.15, 0.2) is 0 Å². The molecule has 0 aromatic carbocycles. The molecule has 0 spiro atoms. The summed E-state index contributed by atoms with van der Waals surface area (Å²) in [6.45, 7) is 36.0. The Hall–Kier alpha value is -1.78. The summed E-state index contributed by atoms with van der Waals surface area (Å²) in [5, 5.41) is 4.13. The zero-order chi connectivity index (χ0) is 26.6. The molecule has 0 aliphatic rings. The van der Waals surface area contributed by atoms with E-state index in [-0.39, 0.29) is 39.0 Å². The van der Waals surface area contributed by atoms with Gasteiger partial charge in [-0.2, -0.15) is 5.92 Å². The summed E-state index contributed by atoms with van der Waals surface area (Å²) in [6, 6.07) is 0.817. The van der Waals surface area contributed by atoms with Gasteiger partial charge in [-0.25, -0.2) is 0 Å². The van der Waals surface area contributed by atoms with E-state index >= 15 is 0 Å². The SMILES string of the molecule is CC(C)=CC=NC(C)C.CC(C)[C-]=C[N-]C(C)C.[CH-]=O.[CH-]=O.[CH-]=O.[CH-]=O.[CH-]=O.[CH-]=O.[Ru+4].[Ru+5]. The Morgan fingerprint density at radius 1 is 0.750 bits per heavy atom. The number of hydrogen-bond donors (Lipinski definition) is 0. The average molecular weight is 627 g/mol. The summed E-state index contributed by atoms with van der Waals surface area (Å²) in [5.74, 6) is 0.493. The molecule has 0 aromatic heterocycles. The molecule has 0 saturated carbocycles. The molecule has 0 unspecified atom stereocenters. The van der Waals surface area contributed by atoms with Gasteiger partial charge in [-0.1, -0.05) is 33.3 Å². The molecule has 0 saturated heterocycles. The number of carbonyl (C=O) groups excluding carboxylic acids is 6. The molecule has 0 N–H and O–H groups in total. The Balaban J connectivity index is -0.0000000246. The van der Waals surface area contributed by atoms with Gasteiger partial charge < -0.3 is 46.4 Å². The van der Waals surface area contributed by atoms with E-state index in [0.29, 0.717) is 18.0 Å². The van der Waals surface area contributed by atoms with Crippen LogP contribution in [0.4, 0.5) is 0 Å². The van der Waals surface area contributed by atoms with E-state index in [4.69, 9.17) is 28.8 Å². The van der Waals surface area contributed by atoms with Crippen LogP contribution in [0, 0.1) is 12.0 Å². The van der Waals surface area contributed by atoms with Gasteiger partial charge in [-0.3, -0.25) is 45.7 Å². The van der Waals surface area contributed by atoms with Gasteiger partial charge in [0, 0.05) is 12.3 Å². The summed E-state index contributed by atoms with van der Waals surface area (Å²) in [5.41, 5.74) is 1.29. The van der Waals surface area contributed by atoms with Gasteiger partial charge >= 0.3 is 39.0 Å². The van der Waals surface area contributed by atoms with Gasteiger partial charge in [-0.15, -0.1) is 6.04 Å². The van der Waals surface area contributed by atoms with E-state index in [2.05, 4.69) is 113 Å². The van der Waals surface area contributed by atoms with E-state index in [1.807, 2.05) is 12.3 Å². The van der Waals surface area contributed by atoms with Crippen LogP contribution in [0.5, 0.6) is 0 Å². The maximum Gasteiger partial charge on any atom is 5.00 e. The maximum absolute atomic E-state index is 7.75. The Morgan fingerprint density at radius 2 is 1.06 bits per heavy atom. The maximum atomic E-state index is 7.75. The van der Waals surface area contributed by atoms with Gasteiger partial charge in [-0.05, 0) is 33.8 Å². The van der Waals surface area contributed by atoms with Crippen molar-refractivity contribution >= 4 is 46.9 Å². The van der Waals surface area contributed by atoms with Crippen LogP contribution in [0.2, 0.25) is 0 Å². The van der Waals surface area contributed by atoms with Gasteiger partial charge in [0.1, 0.15) is 0 Å². The van der Waals surface area contributed by atoms with Crippen molar-refractivity contribution in [2.45, 2.75) is 67.5 Å². The number of nitrogens with zero attached hydrogens (tertiary/aromatic N) is 2. The quantitative estimate of drug-likeness (QED) is 0.199. The van der Waals surface area contributed by atoms with Crippen LogP contribution in [-0.4, -0.2) is 59.0 Å². The minimum Gasteiger partial charge on any atom is -0.718 e. The summed E-state index contributed by atoms with van der Waals surface area (Å²) >= 11 is 0. The molecule has 0 aliphatic heterocycles. The third-order valence-electron chi connectivity index (χ3n) is 1.57. The molecule has 0 rings (SSSR count). The van der Waals surface area contributed by atoms with Crippen molar-refractivity contribution in [2.75, 3.05) is 0 Å². The van der Waals surface area contributed by atoms with Crippen molar-refractivity contribution in [1.82, 2.24) is 0 Å². The van der Waals surface area contributed by atoms with E-state index in [1.54, 1.807) is 6.20 Å². The van der Waals surface area contributed by atoms with Crippen LogP contribution in [0.1, 0.15) is 55.4 Å². The summed E-state index contributed by atoms with van der Waals surface area (Å²) in [4.78, 5) is 50.7. The van der Waals surface area contributed by atoms with Crippen LogP contribution in [0.25, 0.3) is 5.32 Å². The second-order valence-electron chi connectivity index (χ2n) is 5.33. The summed E-state index contributed by atoms with van der Waals surface area (Å²) in [7, 11) is 0. The van der Waals surface area contributed by atoms with Crippen LogP contribution >= 0.6 is 0 Å². The zero-order valence-corrected chi connectivity index (χ0v) is 23.5. The number of hydrogen-bond acceptors (Lipinski definition) is 7. The van der Waals surface area contributed by atoms with Crippen LogP contribution in [0.15, 0.2) is 22.8 Å². The molecule has 32 heavy (non-hydrogen) atoms.